The third-order valence-corrected chi connectivity index (χ3v) is 2.93. The van der Waals surface area contributed by atoms with E-state index in [4.69, 9.17) is 14.7 Å². The van der Waals surface area contributed by atoms with Crippen LogP contribution >= 0.6 is 0 Å². The molecule has 0 aliphatic carbocycles. The molecule has 0 saturated heterocycles. The maximum absolute atomic E-state index is 11.1. The molecule has 0 atom stereocenters. The number of nitrogens with two attached hydrogens (primary N) is 1. The Morgan fingerprint density at radius 3 is 2.67 bits per heavy atom. The molecule has 5 nitrogen and oxygen atoms in total. The van der Waals surface area contributed by atoms with Gasteiger partial charge in [0.05, 0.1) is 4.90 Å². The van der Waals surface area contributed by atoms with Crippen LogP contribution < -0.4 is 5.14 Å². The van der Waals surface area contributed by atoms with Gasteiger partial charge >= 0.3 is 0 Å². The SMILES string of the molecule is NS(=O)(=O)c1ccc2oc(CO)cc2c1. The van der Waals surface area contributed by atoms with E-state index in [0.717, 1.165) is 0 Å². The van der Waals surface area contributed by atoms with Crippen LogP contribution in [0.2, 0.25) is 0 Å². The minimum Gasteiger partial charge on any atom is -0.459 e. The van der Waals surface area contributed by atoms with Gasteiger partial charge in [0.1, 0.15) is 18.0 Å². The Labute approximate surface area is 86.2 Å². The normalized spacial score (nSPS) is 12.1. The zero-order valence-corrected chi connectivity index (χ0v) is 8.49. The number of hydrogen-bond donors (Lipinski definition) is 2. The van der Waals surface area contributed by atoms with E-state index in [0.29, 0.717) is 16.7 Å². The van der Waals surface area contributed by atoms with Gasteiger partial charge in [0.25, 0.3) is 0 Å². The Kier molecular flexibility index (Phi) is 2.26. The fourth-order valence-electron chi connectivity index (χ4n) is 1.33. The first-order valence-electron chi connectivity index (χ1n) is 4.17. The predicted molar refractivity (Wildman–Crippen MR) is 53.5 cm³/mol. The zero-order valence-electron chi connectivity index (χ0n) is 7.67. The van der Waals surface area contributed by atoms with E-state index >= 15 is 0 Å². The van der Waals surface area contributed by atoms with E-state index in [9.17, 15) is 8.42 Å². The molecule has 2 aromatic rings. The number of furan rings is 1. The lowest BCUT2D eigenvalue weighted by Crippen LogP contribution is -2.11. The number of fused-ring (bicyclic) bond motifs is 1. The molecule has 1 heterocycles. The number of benzene rings is 1. The van der Waals surface area contributed by atoms with Crippen molar-refractivity contribution in [1.29, 1.82) is 0 Å². The molecule has 1 aromatic heterocycles. The van der Waals surface area contributed by atoms with Crippen LogP contribution in [0.4, 0.5) is 0 Å². The van der Waals surface area contributed by atoms with Crippen molar-refractivity contribution in [3.63, 3.8) is 0 Å². The summed E-state index contributed by atoms with van der Waals surface area (Å²) in [4.78, 5) is 0.0280. The molecule has 6 heteroatoms. The number of primary sulfonamides is 1. The molecule has 0 saturated carbocycles. The van der Waals surface area contributed by atoms with Crippen molar-refractivity contribution in [3.05, 3.63) is 30.0 Å². The van der Waals surface area contributed by atoms with Crippen LogP contribution in [0.1, 0.15) is 5.76 Å². The van der Waals surface area contributed by atoms with Crippen molar-refractivity contribution in [3.8, 4) is 0 Å². The molecule has 80 valence electrons. The Balaban J connectivity index is 2.66. The second-order valence-corrected chi connectivity index (χ2v) is 4.68. The minimum absolute atomic E-state index is 0.0280. The summed E-state index contributed by atoms with van der Waals surface area (Å²) in [5.74, 6) is 0.386. The summed E-state index contributed by atoms with van der Waals surface area (Å²) in [6.07, 6.45) is 0. The maximum atomic E-state index is 11.1. The summed E-state index contributed by atoms with van der Waals surface area (Å²) in [6, 6.07) is 5.86. The molecule has 3 N–H and O–H groups in total. The third-order valence-electron chi connectivity index (χ3n) is 2.02. The molecule has 0 radical (unpaired) electrons. The molecule has 0 spiro atoms. The average molecular weight is 227 g/mol. The number of rotatable bonds is 2. The molecule has 15 heavy (non-hydrogen) atoms. The molecule has 0 fully saturated rings. The average Bonchev–Trinajstić information content (AvgIpc) is 2.57. The summed E-state index contributed by atoms with van der Waals surface area (Å²) < 4.78 is 27.3. The molecule has 0 aliphatic heterocycles. The molecule has 0 unspecified atom stereocenters. The summed E-state index contributed by atoms with van der Waals surface area (Å²) in [7, 11) is -3.70. The third kappa shape index (κ3) is 1.87. The minimum atomic E-state index is -3.70. The van der Waals surface area contributed by atoms with Gasteiger partial charge < -0.3 is 9.52 Å². The van der Waals surface area contributed by atoms with Crippen LogP contribution in [0.15, 0.2) is 33.6 Å². The molecular formula is C9H9NO4S. The van der Waals surface area contributed by atoms with Crippen molar-refractivity contribution >= 4 is 21.0 Å². The first kappa shape index (κ1) is 10.2. The van der Waals surface area contributed by atoms with Crippen LogP contribution in [0.5, 0.6) is 0 Å². The van der Waals surface area contributed by atoms with Gasteiger partial charge in [-0.25, -0.2) is 13.6 Å². The molecule has 2 rings (SSSR count). The van der Waals surface area contributed by atoms with Crippen molar-refractivity contribution in [2.75, 3.05) is 0 Å². The van der Waals surface area contributed by atoms with Gasteiger partial charge in [0.2, 0.25) is 10.0 Å². The predicted octanol–water partition coefficient (Wildman–Crippen LogP) is 0.573. The van der Waals surface area contributed by atoms with Crippen molar-refractivity contribution < 1.29 is 17.9 Å². The molecule has 0 amide bonds. The number of aliphatic hydroxyl groups is 1. The van der Waals surface area contributed by atoms with Gasteiger partial charge in [0.15, 0.2) is 0 Å². The van der Waals surface area contributed by atoms with E-state index < -0.39 is 10.0 Å². The van der Waals surface area contributed by atoms with E-state index in [1.165, 1.54) is 18.2 Å². The lowest BCUT2D eigenvalue weighted by molar-refractivity contribution is 0.251. The highest BCUT2D eigenvalue weighted by atomic mass is 32.2. The monoisotopic (exact) mass is 227 g/mol. The standard InChI is InChI=1S/C9H9NO4S/c10-15(12,13)8-1-2-9-6(4-8)3-7(5-11)14-9/h1-4,11H,5H2,(H2,10,12,13). The summed E-state index contributed by atoms with van der Waals surface area (Å²) in [6.45, 7) is -0.223. The van der Waals surface area contributed by atoms with Crippen LogP contribution in [-0.2, 0) is 16.6 Å². The largest absolute Gasteiger partial charge is 0.459 e. The number of sulfonamides is 1. The maximum Gasteiger partial charge on any atom is 0.238 e. The number of aliphatic hydroxyl groups excluding tert-OH is 1. The Hall–Kier alpha value is -1.37. The first-order chi connectivity index (χ1) is 7.00. The lowest BCUT2D eigenvalue weighted by atomic mass is 10.2. The van der Waals surface area contributed by atoms with Gasteiger partial charge in [0, 0.05) is 5.39 Å². The molecule has 0 aliphatic rings. The van der Waals surface area contributed by atoms with Gasteiger partial charge in [-0.05, 0) is 24.3 Å². The van der Waals surface area contributed by atoms with Gasteiger partial charge in [-0.1, -0.05) is 0 Å². The smallest absolute Gasteiger partial charge is 0.238 e. The Morgan fingerprint density at radius 1 is 1.33 bits per heavy atom. The highest BCUT2D eigenvalue weighted by molar-refractivity contribution is 7.89. The molecular weight excluding hydrogens is 218 g/mol. The van der Waals surface area contributed by atoms with Crippen molar-refractivity contribution in [1.82, 2.24) is 0 Å². The van der Waals surface area contributed by atoms with E-state index in [1.807, 2.05) is 0 Å². The van der Waals surface area contributed by atoms with Crippen LogP contribution in [-0.4, -0.2) is 13.5 Å². The molecule has 0 bridgehead atoms. The van der Waals surface area contributed by atoms with Gasteiger partial charge in [-0.15, -0.1) is 0 Å². The summed E-state index contributed by atoms with van der Waals surface area (Å²) >= 11 is 0. The number of hydrogen-bond acceptors (Lipinski definition) is 4. The highest BCUT2D eigenvalue weighted by Crippen LogP contribution is 2.22. The Morgan fingerprint density at radius 2 is 2.07 bits per heavy atom. The quantitative estimate of drug-likeness (QED) is 0.784. The Bertz CT molecular complexity index is 600. The topological polar surface area (TPSA) is 93.5 Å². The summed E-state index contributed by atoms with van der Waals surface area (Å²) in [5.41, 5.74) is 0.520. The van der Waals surface area contributed by atoms with Crippen LogP contribution in [0.3, 0.4) is 0 Å². The van der Waals surface area contributed by atoms with E-state index in [1.54, 1.807) is 6.07 Å². The second-order valence-electron chi connectivity index (χ2n) is 3.12. The lowest BCUT2D eigenvalue weighted by Gasteiger charge is -1.96. The van der Waals surface area contributed by atoms with E-state index in [-0.39, 0.29) is 11.5 Å². The van der Waals surface area contributed by atoms with Crippen LogP contribution in [0.25, 0.3) is 11.0 Å². The second kappa shape index (κ2) is 3.34. The first-order valence-corrected chi connectivity index (χ1v) is 5.71. The van der Waals surface area contributed by atoms with Crippen molar-refractivity contribution in [2.24, 2.45) is 5.14 Å². The van der Waals surface area contributed by atoms with Gasteiger partial charge in [-0.3, -0.25) is 0 Å². The fraction of sp³-hybridized carbons (Fsp3) is 0.111. The summed E-state index contributed by atoms with van der Waals surface area (Å²) in [5, 5.41) is 14.4. The van der Waals surface area contributed by atoms with Crippen molar-refractivity contribution in [2.45, 2.75) is 11.5 Å². The van der Waals surface area contributed by atoms with Crippen LogP contribution in [0, 0.1) is 0 Å². The zero-order chi connectivity index (χ0) is 11.1. The highest BCUT2D eigenvalue weighted by Gasteiger charge is 2.10. The fourth-order valence-corrected chi connectivity index (χ4v) is 1.88. The van der Waals surface area contributed by atoms with E-state index in [2.05, 4.69) is 0 Å². The molecule has 1 aromatic carbocycles. The van der Waals surface area contributed by atoms with Gasteiger partial charge in [-0.2, -0.15) is 0 Å².